The quantitative estimate of drug-likeness (QED) is 0.684. The molecule has 0 atom stereocenters. The molecule has 2 aromatic carbocycles. The van der Waals surface area contributed by atoms with Crippen molar-refractivity contribution in [3.63, 3.8) is 0 Å². The van der Waals surface area contributed by atoms with Gasteiger partial charge in [0.05, 0.1) is 6.20 Å². The Hall–Kier alpha value is -2.19. The van der Waals surface area contributed by atoms with Crippen LogP contribution >= 0.6 is 11.6 Å². The lowest BCUT2D eigenvalue weighted by Gasteiger charge is -2.07. The number of hydrogen-bond donors (Lipinski definition) is 0. The van der Waals surface area contributed by atoms with Gasteiger partial charge in [0.1, 0.15) is 5.69 Å². The topological polar surface area (TPSA) is 25.8 Å². The van der Waals surface area contributed by atoms with E-state index in [-0.39, 0.29) is 0 Å². The van der Waals surface area contributed by atoms with E-state index in [0.29, 0.717) is 0 Å². The summed E-state index contributed by atoms with van der Waals surface area (Å²) >= 11 is 5.93. The van der Waals surface area contributed by atoms with Gasteiger partial charge < -0.3 is 0 Å². The van der Waals surface area contributed by atoms with E-state index in [2.05, 4.69) is 10.2 Å². The number of nitrogens with zero attached hydrogens (tertiary/aromatic N) is 2. The Morgan fingerprint density at radius 2 is 1.47 bits per heavy atom. The van der Waals surface area contributed by atoms with Crippen molar-refractivity contribution in [2.45, 2.75) is 0 Å². The molecular weight excluding hydrogens is 256 g/mol. The highest BCUT2D eigenvalue weighted by Crippen LogP contribution is 2.29. The van der Waals surface area contributed by atoms with Crippen LogP contribution in [0.4, 0.5) is 0 Å². The third kappa shape index (κ3) is 2.49. The zero-order chi connectivity index (χ0) is 13.1. The monoisotopic (exact) mass is 266 g/mol. The summed E-state index contributed by atoms with van der Waals surface area (Å²) < 4.78 is 0. The van der Waals surface area contributed by atoms with Gasteiger partial charge in [0, 0.05) is 16.1 Å². The van der Waals surface area contributed by atoms with Gasteiger partial charge in [0.2, 0.25) is 0 Å². The Bertz CT molecular complexity index is 679. The Morgan fingerprint density at radius 3 is 2.21 bits per heavy atom. The first kappa shape index (κ1) is 11.9. The van der Waals surface area contributed by atoms with Gasteiger partial charge in [-0.1, -0.05) is 54.1 Å². The van der Waals surface area contributed by atoms with Crippen molar-refractivity contribution in [3.8, 4) is 22.4 Å². The first-order valence-corrected chi connectivity index (χ1v) is 6.35. The van der Waals surface area contributed by atoms with Crippen molar-refractivity contribution < 1.29 is 0 Å². The molecule has 3 rings (SSSR count). The van der Waals surface area contributed by atoms with Gasteiger partial charge in [-0.2, -0.15) is 5.10 Å². The van der Waals surface area contributed by atoms with Crippen LogP contribution in [-0.2, 0) is 0 Å². The summed E-state index contributed by atoms with van der Waals surface area (Å²) in [5.41, 5.74) is 4.07. The Balaban J connectivity index is 2.15. The lowest BCUT2D eigenvalue weighted by atomic mass is 10.0. The van der Waals surface area contributed by atoms with Gasteiger partial charge in [0.25, 0.3) is 0 Å². The third-order valence-electron chi connectivity index (χ3n) is 2.92. The highest BCUT2D eigenvalue weighted by molar-refractivity contribution is 6.30. The van der Waals surface area contributed by atoms with Crippen LogP contribution in [0, 0.1) is 0 Å². The summed E-state index contributed by atoms with van der Waals surface area (Å²) in [5, 5.41) is 8.98. The summed E-state index contributed by atoms with van der Waals surface area (Å²) in [5.74, 6) is 0. The number of halogens is 1. The Morgan fingerprint density at radius 1 is 0.737 bits per heavy atom. The molecule has 1 heterocycles. The van der Waals surface area contributed by atoms with Crippen molar-refractivity contribution in [2.24, 2.45) is 0 Å². The molecule has 0 aliphatic carbocycles. The number of rotatable bonds is 2. The molecular formula is C16H11ClN2. The molecule has 0 aliphatic rings. The van der Waals surface area contributed by atoms with Crippen LogP contribution in [0.15, 0.2) is 66.9 Å². The average molecular weight is 267 g/mol. The van der Waals surface area contributed by atoms with E-state index in [0.717, 1.165) is 27.4 Å². The third-order valence-corrected chi connectivity index (χ3v) is 3.18. The summed E-state index contributed by atoms with van der Waals surface area (Å²) in [6.07, 6.45) is 1.70. The standard InChI is InChI=1S/C16H11ClN2/c17-14-8-6-12(7-9-14)15-10-11-18-19-16(15)13-4-2-1-3-5-13/h1-11H. The van der Waals surface area contributed by atoms with Crippen LogP contribution in [0.1, 0.15) is 0 Å². The van der Waals surface area contributed by atoms with Crippen LogP contribution in [0.5, 0.6) is 0 Å². The van der Waals surface area contributed by atoms with Crippen LogP contribution in [0.25, 0.3) is 22.4 Å². The van der Waals surface area contributed by atoms with Crippen LogP contribution in [0.2, 0.25) is 5.02 Å². The zero-order valence-corrected chi connectivity index (χ0v) is 10.9. The maximum absolute atomic E-state index is 5.93. The van der Waals surface area contributed by atoms with Crippen molar-refractivity contribution in [2.75, 3.05) is 0 Å². The largest absolute Gasteiger partial charge is 0.158 e. The van der Waals surface area contributed by atoms with Crippen molar-refractivity contribution in [1.29, 1.82) is 0 Å². The van der Waals surface area contributed by atoms with Gasteiger partial charge in [-0.25, -0.2) is 0 Å². The van der Waals surface area contributed by atoms with Gasteiger partial charge in [0.15, 0.2) is 0 Å². The second-order valence-electron chi connectivity index (χ2n) is 4.17. The van der Waals surface area contributed by atoms with E-state index in [1.807, 2.05) is 60.7 Å². The number of hydrogen-bond acceptors (Lipinski definition) is 2. The maximum atomic E-state index is 5.93. The van der Waals surface area contributed by atoms with Crippen LogP contribution in [0.3, 0.4) is 0 Å². The molecule has 0 saturated carbocycles. The number of aromatic nitrogens is 2. The molecule has 19 heavy (non-hydrogen) atoms. The van der Waals surface area contributed by atoms with E-state index in [1.165, 1.54) is 0 Å². The van der Waals surface area contributed by atoms with Gasteiger partial charge >= 0.3 is 0 Å². The van der Waals surface area contributed by atoms with Gasteiger partial charge in [-0.15, -0.1) is 5.10 Å². The first-order valence-electron chi connectivity index (χ1n) is 5.97. The summed E-state index contributed by atoms with van der Waals surface area (Å²) in [4.78, 5) is 0. The molecule has 1 aromatic heterocycles. The van der Waals surface area contributed by atoms with E-state index < -0.39 is 0 Å². The van der Waals surface area contributed by atoms with E-state index >= 15 is 0 Å². The van der Waals surface area contributed by atoms with E-state index in [4.69, 9.17) is 11.6 Å². The second kappa shape index (κ2) is 5.21. The Labute approximate surface area is 116 Å². The highest BCUT2D eigenvalue weighted by atomic mass is 35.5. The van der Waals surface area contributed by atoms with Crippen molar-refractivity contribution in [3.05, 3.63) is 71.9 Å². The Kier molecular flexibility index (Phi) is 3.25. The number of benzene rings is 2. The van der Waals surface area contributed by atoms with Crippen LogP contribution in [-0.4, -0.2) is 10.2 Å². The lowest BCUT2D eigenvalue weighted by molar-refractivity contribution is 1.04. The summed E-state index contributed by atoms with van der Waals surface area (Å²) in [7, 11) is 0. The van der Waals surface area contributed by atoms with Gasteiger partial charge in [-0.3, -0.25) is 0 Å². The van der Waals surface area contributed by atoms with Crippen LogP contribution < -0.4 is 0 Å². The normalized spacial score (nSPS) is 10.4. The summed E-state index contributed by atoms with van der Waals surface area (Å²) in [6.45, 7) is 0. The highest BCUT2D eigenvalue weighted by Gasteiger charge is 2.08. The lowest BCUT2D eigenvalue weighted by Crippen LogP contribution is -1.91. The predicted octanol–water partition coefficient (Wildman–Crippen LogP) is 4.46. The predicted molar refractivity (Wildman–Crippen MR) is 77.9 cm³/mol. The van der Waals surface area contributed by atoms with Gasteiger partial charge in [-0.05, 0) is 23.8 Å². The fourth-order valence-electron chi connectivity index (χ4n) is 2.00. The molecule has 0 bridgehead atoms. The minimum Gasteiger partial charge on any atom is -0.158 e. The minimum absolute atomic E-state index is 0.729. The molecule has 92 valence electrons. The molecule has 0 aliphatic heterocycles. The van der Waals surface area contributed by atoms with Crippen molar-refractivity contribution >= 4 is 11.6 Å². The average Bonchev–Trinajstić information content (AvgIpc) is 2.49. The smallest absolute Gasteiger partial charge is 0.101 e. The SMILES string of the molecule is Clc1ccc(-c2ccnnc2-c2ccccc2)cc1. The van der Waals surface area contributed by atoms with E-state index in [9.17, 15) is 0 Å². The molecule has 3 heteroatoms. The fourth-order valence-corrected chi connectivity index (χ4v) is 2.13. The zero-order valence-electron chi connectivity index (χ0n) is 10.1. The van der Waals surface area contributed by atoms with Crippen molar-refractivity contribution in [1.82, 2.24) is 10.2 Å². The second-order valence-corrected chi connectivity index (χ2v) is 4.60. The molecule has 0 radical (unpaired) electrons. The summed E-state index contributed by atoms with van der Waals surface area (Å²) in [6, 6.07) is 19.8. The molecule has 0 N–H and O–H groups in total. The first-order chi connectivity index (χ1) is 9.34. The molecule has 0 spiro atoms. The molecule has 0 unspecified atom stereocenters. The fraction of sp³-hybridized carbons (Fsp3) is 0. The maximum Gasteiger partial charge on any atom is 0.101 e. The molecule has 0 fully saturated rings. The van der Waals surface area contributed by atoms with E-state index in [1.54, 1.807) is 6.20 Å². The molecule has 0 amide bonds. The molecule has 0 saturated heterocycles. The minimum atomic E-state index is 0.729. The molecule has 2 nitrogen and oxygen atoms in total. The molecule has 3 aromatic rings.